The molecule has 1 aromatic heterocycles. The van der Waals surface area contributed by atoms with Crippen molar-refractivity contribution >= 4 is 40.6 Å². The van der Waals surface area contributed by atoms with E-state index in [1.807, 2.05) is 36.1 Å². The molecule has 0 bridgehead atoms. The lowest BCUT2D eigenvalue weighted by Crippen LogP contribution is -2.47. The molecule has 1 saturated heterocycles. The number of benzene rings is 2. The number of hydrogen-bond acceptors (Lipinski definition) is 6. The number of carbonyl (C=O) groups excluding carboxylic acids is 2. The fourth-order valence-electron chi connectivity index (χ4n) is 4.64. The van der Waals surface area contributed by atoms with Crippen LogP contribution in [0.3, 0.4) is 0 Å². The molecule has 1 aliphatic rings. The summed E-state index contributed by atoms with van der Waals surface area (Å²) in [7, 11) is 3.21. The number of amides is 3. The number of carbonyl (C=O) groups is 2. The lowest BCUT2D eigenvalue weighted by atomic mass is 10.1. The molecule has 4 rings (SSSR count). The summed E-state index contributed by atoms with van der Waals surface area (Å²) in [6, 6.07) is 16.5. The summed E-state index contributed by atoms with van der Waals surface area (Å²) < 4.78 is 16.6. The molecule has 0 aliphatic carbocycles. The third-order valence-corrected chi connectivity index (χ3v) is 7.97. The van der Waals surface area contributed by atoms with Gasteiger partial charge in [0.2, 0.25) is 5.91 Å². The number of hydrogen-bond donors (Lipinski definition) is 1. The average molecular weight is 586 g/mol. The lowest BCUT2D eigenvalue weighted by Gasteiger charge is -2.29. The zero-order chi connectivity index (χ0) is 28.5. The minimum Gasteiger partial charge on any atom is -0.493 e. The molecule has 40 heavy (non-hydrogen) atoms. The van der Waals surface area contributed by atoms with E-state index in [1.54, 1.807) is 54.7 Å². The summed E-state index contributed by atoms with van der Waals surface area (Å²) in [6.07, 6.45) is 2.32. The highest BCUT2D eigenvalue weighted by molar-refractivity contribution is 7.11. The Balaban J connectivity index is 1.50. The highest BCUT2D eigenvalue weighted by Gasteiger charge is 2.27. The predicted octanol–water partition coefficient (Wildman–Crippen LogP) is 6.01. The van der Waals surface area contributed by atoms with Crippen LogP contribution in [0.25, 0.3) is 0 Å². The Kier molecular flexibility index (Phi) is 10.7. The Morgan fingerprint density at radius 2 is 1.90 bits per heavy atom. The first-order valence-electron chi connectivity index (χ1n) is 13.3. The second-order valence-electron chi connectivity index (χ2n) is 9.72. The molecule has 0 unspecified atom stereocenters. The standard InChI is InChI=1S/C30H36ClN3O5S/c1-21-9-11-26(40-21)19-33(14-13-22-10-12-27(37-2)28(16-22)38-3)29(35)20-34(18-25-8-5-15-39-25)30(36)32-24-7-4-6-23(31)17-24/h4,6-7,9-12,16-17,25H,5,8,13-15,18-20H2,1-3H3,(H,32,36)/t25-/m1/s1. The topological polar surface area (TPSA) is 80.3 Å². The number of nitrogens with zero attached hydrogens (tertiary/aromatic N) is 2. The number of aryl methyl sites for hydroxylation is 1. The Labute approximate surface area is 244 Å². The quantitative estimate of drug-likeness (QED) is 0.281. The smallest absolute Gasteiger partial charge is 0.322 e. The van der Waals surface area contributed by atoms with Gasteiger partial charge in [-0.3, -0.25) is 4.79 Å². The van der Waals surface area contributed by atoms with E-state index < -0.39 is 0 Å². The maximum Gasteiger partial charge on any atom is 0.322 e. The highest BCUT2D eigenvalue weighted by atomic mass is 35.5. The zero-order valence-electron chi connectivity index (χ0n) is 23.2. The summed E-state index contributed by atoms with van der Waals surface area (Å²) >= 11 is 7.78. The van der Waals surface area contributed by atoms with Crippen molar-refractivity contribution in [3.63, 3.8) is 0 Å². The van der Waals surface area contributed by atoms with Crippen molar-refractivity contribution in [1.29, 1.82) is 0 Å². The molecule has 0 spiro atoms. The van der Waals surface area contributed by atoms with Gasteiger partial charge in [-0.2, -0.15) is 0 Å². The van der Waals surface area contributed by atoms with Gasteiger partial charge in [0.1, 0.15) is 6.54 Å². The molecule has 2 aromatic carbocycles. The molecule has 10 heteroatoms. The van der Waals surface area contributed by atoms with Crippen molar-refractivity contribution in [3.8, 4) is 11.5 Å². The molecule has 1 atom stereocenters. The maximum atomic E-state index is 13.8. The van der Waals surface area contributed by atoms with E-state index in [9.17, 15) is 9.59 Å². The van der Waals surface area contributed by atoms with E-state index in [1.165, 1.54) is 4.88 Å². The number of urea groups is 1. The second kappa shape index (κ2) is 14.4. The van der Waals surface area contributed by atoms with Crippen molar-refractivity contribution in [2.24, 2.45) is 0 Å². The van der Waals surface area contributed by atoms with Crippen LogP contribution in [-0.2, 0) is 22.5 Å². The zero-order valence-corrected chi connectivity index (χ0v) is 24.7. The van der Waals surface area contributed by atoms with E-state index >= 15 is 0 Å². The number of halogens is 1. The van der Waals surface area contributed by atoms with Gasteiger partial charge in [0.25, 0.3) is 0 Å². The van der Waals surface area contributed by atoms with Gasteiger partial charge in [-0.15, -0.1) is 11.3 Å². The van der Waals surface area contributed by atoms with Gasteiger partial charge < -0.3 is 29.3 Å². The predicted molar refractivity (Wildman–Crippen MR) is 159 cm³/mol. The average Bonchev–Trinajstić information content (AvgIpc) is 3.61. The molecule has 2 heterocycles. The molecule has 3 aromatic rings. The van der Waals surface area contributed by atoms with Crippen LogP contribution in [0, 0.1) is 6.92 Å². The van der Waals surface area contributed by atoms with Crippen molar-refractivity contribution in [1.82, 2.24) is 9.80 Å². The molecule has 0 saturated carbocycles. The van der Waals surface area contributed by atoms with Crippen molar-refractivity contribution in [2.45, 2.75) is 38.8 Å². The molecular weight excluding hydrogens is 550 g/mol. The van der Waals surface area contributed by atoms with Crippen molar-refractivity contribution in [2.75, 3.05) is 45.8 Å². The van der Waals surface area contributed by atoms with Crippen LogP contribution >= 0.6 is 22.9 Å². The number of methoxy groups -OCH3 is 2. The van der Waals surface area contributed by atoms with Crippen LogP contribution < -0.4 is 14.8 Å². The summed E-state index contributed by atoms with van der Waals surface area (Å²) in [5.41, 5.74) is 1.59. The Morgan fingerprint density at radius 1 is 1.07 bits per heavy atom. The van der Waals surface area contributed by atoms with Gasteiger partial charge in [-0.1, -0.05) is 23.7 Å². The maximum absolute atomic E-state index is 13.8. The summed E-state index contributed by atoms with van der Waals surface area (Å²) in [5.74, 6) is 1.17. The van der Waals surface area contributed by atoms with Gasteiger partial charge in [0, 0.05) is 40.2 Å². The first-order valence-corrected chi connectivity index (χ1v) is 14.5. The van der Waals surface area contributed by atoms with Gasteiger partial charge >= 0.3 is 6.03 Å². The van der Waals surface area contributed by atoms with E-state index in [0.29, 0.717) is 54.9 Å². The van der Waals surface area contributed by atoms with Gasteiger partial charge in [0.05, 0.1) is 26.9 Å². The van der Waals surface area contributed by atoms with Crippen LogP contribution in [0.5, 0.6) is 11.5 Å². The molecule has 1 aliphatic heterocycles. The van der Waals surface area contributed by atoms with Crippen molar-refractivity contribution in [3.05, 3.63) is 74.9 Å². The molecular formula is C30H36ClN3O5S. The number of nitrogens with one attached hydrogen (secondary N) is 1. The Bertz CT molecular complexity index is 1290. The molecule has 8 nitrogen and oxygen atoms in total. The fourth-order valence-corrected chi connectivity index (χ4v) is 5.73. The molecule has 214 valence electrons. The minimum absolute atomic E-state index is 0.0669. The van der Waals surface area contributed by atoms with Crippen molar-refractivity contribution < 1.29 is 23.8 Å². The summed E-state index contributed by atoms with van der Waals surface area (Å²) in [6.45, 7) is 3.93. The second-order valence-corrected chi connectivity index (χ2v) is 11.5. The van der Waals surface area contributed by atoms with E-state index in [4.69, 9.17) is 25.8 Å². The first-order chi connectivity index (χ1) is 19.3. The molecule has 1 fully saturated rings. The monoisotopic (exact) mass is 585 g/mol. The van der Waals surface area contributed by atoms with Crippen LogP contribution in [0.2, 0.25) is 5.02 Å². The lowest BCUT2D eigenvalue weighted by molar-refractivity contribution is -0.132. The Morgan fingerprint density at radius 3 is 2.58 bits per heavy atom. The Hall–Kier alpha value is -3.27. The number of thiophene rings is 1. The van der Waals surface area contributed by atoms with E-state index in [2.05, 4.69) is 11.4 Å². The van der Waals surface area contributed by atoms with Gasteiger partial charge in [-0.25, -0.2) is 4.79 Å². The van der Waals surface area contributed by atoms with Crippen LogP contribution in [0.1, 0.15) is 28.2 Å². The molecule has 3 amide bonds. The highest BCUT2D eigenvalue weighted by Crippen LogP contribution is 2.28. The third-order valence-electron chi connectivity index (χ3n) is 6.75. The largest absolute Gasteiger partial charge is 0.493 e. The summed E-state index contributed by atoms with van der Waals surface area (Å²) in [4.78, 5) is 32.8. The number of rotatable bonds is 12. The SMILES string of the molecule is COc1ccc(CCN(Cc2ccc(C)s2)C(=O)CN(C[C@H]2CCCO2)C(=O)Nc2cccc(Cl)c2)cc1OC. The normalized spacial score (nSPS) is 14.6. The fraction of sp³-hybridized carbons (Fsp3) is 0.400. The van der Waals surface area contributed by atoms with E-state index in [-0.39, 0.29) is 24.6 Å². The third kappa shape index (κ3) is 8.36. The van der Waals surface area contributed by atoms with Gasteiger partial charge in [-0.05, 0) is 74.2 Å². The van der Waals surface area contributed by atoms with Gasteiger partial charge in [0.15, 0.2) is 11.5 Å². The van der Waals surface area contributed by atoms with E-state index in [0.717, 1.165) is 23.3 Å². The summed E-state index contributed by atoms with van der Waals surface area (Å²) in [5, 5.41) is 3.41. The first kappa shape index (κ1) is 29.7. The number of anilines is 1. The van der Waals surface area contributed by atoms with Crippen LogP contribution in [0.15, 0.2) is 54.6 Å². The van der Waals surface area contributed by atoms with Crippen LogP contribution in [0.4, 0.5) is 10.5 Å². The van der Waals surface area contributed by atoms with Crippen LogP contribution in [-0.4, -0.2) is 68.3 Å². The molecule has 1 N–H and O–H groups in total. The minimum atomic E-state index is -0.363. The molecule has 0 radical (unpaired) electrons. The number of ether oxygens (including phenoxy) is 3.